The maximum Gasteiger partial charge on any atom is 0.255 e. The second kappa shape index (κ2) is 7.98. The van der Waals surface area contributed by atoms with Gasteiger partial charge in [0.25, 0.3) is 5.91 Å². The van der Waals surface area contributed by atoms with Crippen LogP contribution in [-0.2, 0) is 4.79 Å². The molecule has 4 aromatic rings. The lowest BCUT2D eigenvalue weighted by Crippen LogP contribution is -2.30. The molecule has 3 aromatic carbocycles. The van der Waals surface area contributed by atoms with Gasteiger partial charge in [-0.05, 0) is 61.0 Å². The van der Waals surface area contributed by atoms with Crippen LogP contribution in [0, 0.1) is 5.82 Å². The molecule has 5 rings (SSSR count). The second-order valence-electron chi connectivity index (χ2n) is 7.75. The molecule has 166 valence electrons. The Morgan fingerprint density at radius 2 is 1.91 bits per heavy atom. The number of phenolic OH excluding ortho intramolecular Hbond substituents is 1. The van der Waals surface area contributed by atoms with E-state index in [1.165, 1.54) is 31.4 Å². The summed E-state index contributed by atoms with van der Waals surface area (Å²) in [6, 6.07) is 17.7. The van der Waals surface area contributed by atoms with E-state index in [9.17, 15) is 14.3 Å². The summed E-state index contributed by atoms with van der Waals surface area (Å²) in [4.78, 5) is 18.2. The van der Waals surface area contributed by atoms with Crippen molar-refractivity contribution in [2.24, 2.45) is 0 Å². The number of hydrogen-bond acceptors (Lipinski definition) is 5. The van der Waals surface area contributed by atoms with E-state index in [4.69, 9.17) is 9.72 Å². The highest BCUT2D eigenvalue weighted by atomic mass is 19.1. The average Bonchev–Trinajstić information content (AvgIpc) is 3.18. The summed E-state index contributed by atoms with van der Waals surface area (Å²) in [5.74, 6) is 0.180. The van der Waals surface area contributed by atoms with E-state index in [1.54, 1.807) is 18.2 Å². The van der Waals surface area contributed by atoms with Gasteiger partial charge in [-0.2, -0.15) is 0 Å². The Bertz CT molecular complexity index is 1410. The van der Waals surface area contributed by atoms with Gasteiger partial charge in [-0.3, -0.25) is 9.36 Å². The van der Waals surface area contributed by atoms with Crippen LogP contribution in [0.4, 0.5) is 16.0 Å². The zero-order valence-corrected chi connectivity index (χ0v) is 18.0. The van der Waals surface area contributed by atoms with Crippen LogP contribution in [0.2, 0.25) is 0 Å². The predicted molar refractivity (Wildman–Crippen MR) is 124 cm³/mol. The summed E-state index contributed by atoms with van der Waals surface area (Å²) in [6.07, 6.45) is 0. The van der Waals surface area contributed by atoms with Gasteiger partial charge in [-0.15, -0.1) is 0 Å². The molecule has 0 saturated heterocycles. The molecule has 0 aliphatic carbocycles. The number of anilines is 2. The van der Waals surface area contributed by atoms with Gasteiger partial charge in [0.05, 0.1) is 29.8 Å². The predicted octanol–water partition coefficient (Wildman–Crippen LogP) is 4.82. The number of aromatic hydroxyl groups is 1. The minimum Gasteiger partial charge on any atom is -0.504 e. The van der Waals surface area contributed by atoms with Crippen molar-refractivity contribution in [2.45, 2.75) is 13.0 Å². The number of nitrogens with zero attached hydrogens (tertiary/aromatic N) is 2. The molecule has 0 radical (unpaired) electrons. The normalized spacial score (nSPS) is 15.2. The van der Waals surface area contributed by atoms with E-state index in [1.807, 2.05) is 35.8 Å². The summed E-state index contributed by atoms with van der Waals surface area (Å²) in [5.41, 5.74) is 3.93. The number of aromatic nitrogens is 2. The van der Waals surface area contributed by atoms with Crippen LogP contribution in [0.5, 0.6) is 11.5 Å². The summed E-state index contributed by atoms with van der Waals surface area (Å²) >= 11 is 0. The number of phenols is 1. The van der Waals surface area contributed by atoms with Crippen LogP contribution in [0.3, 0.4) is 0 Å². The quantitative estimate of drug-likeness (QED) is 0.420. The third-order valence-corrected chi connectivity index (χ3v) is 5.70. The van der Waals surface area contributed by atoms with Crippen molar-refractivity contribution in [2.75, 3.05) is 17.7 Å². The van der Waals surface area contributed by atoms with Crippen molar-refractivity contribution in [1.29, 1.82) is 0 Å². The lowest BCUT2D eigenvalue weighted by molar-refractivity contribution is -0.113. The number of rotatable bonds is 4. The lowest BCUT2D eigenvalue weighted by atomic mass is 9.94. The largest absolute Gasteiger partial charge is 0.504 e. The molecule has 0 bridgehead atoms. The standard InChI is InChI=1S/C25H21FN4O3/c1-14-22(24(32)28-17-10-8-16(26)9-11-17)23(15-7-12-20(31)21(13-15)33-2)30-19-6-4-3-5-18(19)29-25(30)27-14/h3-13,23,31H,1-2H3,(H,27,29)(H,28,32)/t23-/m0/s1. The molecule has 1 aliphatic heterocycles. The fraction of sp³-hybridized carbons (Fsp3) is 0.120. The number of benzene rings is 3. The number of ether oxygens (including phenoxy) is 1. The molecule has 0 saturated carbocycles. The number of carbonyl (C=O) groups is 1. The number of imidazole rings is 1. The molecule has 33 heavy (non-hydrogen) atoms. The zero-order valence-electron chi connectivity index (χ0n) is 18.0. The van der Waals surface area contributed by atoms with Gasteiger partial charge in [0, 0.05) is 11.4 Å². The average molecular weight is 444 g/mol. The minimum absolute atomic E-state index is 0.00362. The Hall–Kier alpha value is -4.33. The van der Waals surface area contributed by atoms with Gasteiger partial charge < -0.3 is 20.5 Å². The molecule has 1 aliphatic rings. The van der Waals surface area contributed by atoms with Crippen LogP contribution < -0.4 is 15.4 Å². The molecule has 0 spiro atoms. The second-order valence-corrected chi connectivity index (χ2v) is 7.75. The van der Waals surface area contributed by atoms with E-state index >= 15 is 0 Å². The molecular formula is C25H21FN4O3. The highest BCUT2D eigenvalue weighted by Gasteiger charge is 2.34. The molecule has 8 heteroatoms. The van der Waals surface area contributed by atoms with E-state index < -0.39 is 6.04 Å². The maximum atomic E-state index is 13.5. The molecule has 1 aromatic heterocycles. The molecule has 1 atom stereocenters. The van der Waals surface area contributed by atoms with E-state index in [0.29, 0.717) is 28.7 Å². The lowest BCUT2D eigenvalue weighted by Gasteiger charge is -2.31. The fourth-order valence-electron chi connectivity index (χ4n) is 4.17. The highest BCUT2D eigenvalue weighted by molar-refractivity contribution is 6.06. The summed E-state index contributed by atoms with van der Waals surface area (Å²) in [6.45, 7) is 1.81. The molecule has 0 unspecified atom stereocenters. The molecule has 2 heterocycles. The van der Waals surface area contributed by atoms with Crippen LogP contribution in [0.1, 0.15) is 18.5 Å². The third kappa shape index (κ3) is 3.55. The number of amides is 1. The molecule has 7 nitrogen and oxygen atoms in total. The van der Waals surface area contributed by atoms with E-state index in [2.05, 4.69) is 10.6 Å². The smallest absolute Gasteiger partial charge is 0.255 e. The molecule has 1 amide bonds. The van der Waals surface area contributed by atoms with Gasteiger partial charge in [-0.1, -0.05) is 18.2 Å². The van der Waals surface area contributed by atoms with Crippen molar-refractivity contribution >= 4 is 28.6 Å². The van der Waals surface area contributed by atoms with Gasteiger partial charge in [0.1, 0.15) is 5.82 Å². The Labute approximate surface area is 189 Å². The van der Waals surface area contributed by atoms with E-state index in [-0.39, 0.29) is 17.5 Å². The van der Waals surface area contributed by atoms with Crippen LogP contribution in [0.15, 0.2) is 78.0 Å². The fourth-order valence-corrected chi connectivity index (χ4v) is 4.17. The Morgan fingerprint density at radius 3 is 2.67 bits per heavy atom. The van der Waals surface area contributed by atoms with Crippen LogP contribution in [-0.4, -0.2) is 27.7 Å². The first kappa shape index (κ1) is 20.6. The summed E-state index contributed by atoms with van der Waals surface area (Å²) in [7, 11) is 1.47. The monoisotopic (exact) mass is 444 g/mol. The topological polar surface area (TPSA) is 88.4 Å². The molecular weight excluding hydrogens is 423 g/mol. The van der Waals surface area contributed by atoms with Crippen molar-refractivity contribution in [1.82, 2.24) is 9.55 Å². The number of allylic oxidation sites excluding steroid dienone is 1. The SMILES string of the molecule is COc1cc([C@H]2C(C(=O)Nc3ccc(F)cc3)=C(C)Nc3nc4ccccc4n32)ccc1O. The first-order valence-electron chi connectivity index (χ1n) is 10.3. The van der Waals surface area contributed by atoms with Crippen molar-refractivity contribution < 1.29 is 19.0 Å². The summed E-state index contributed by atoms with van der Waals surface area (Å²) < 4.78 is 20.6. The van der Waals surface area contributed by atoms with Crippen molar-refractivity contribution in [3.63, 3.8) is 0 Å². The Kier molecular flexibility index (Phi) is 4.97. The number of nitrogens with one attached hydrogen (secondary N) is 2. The number of hydrogen-bond donors (Lipinski definition) is 3. The van der Waals surface area contributed by atoms with E-state index in [0.717, 1.165) is 16.6 Å². The number of halogens is 1. The van der Waals surface area contributed by atoms with Gasteiger partial charge in [-0.25, -0.2) is 9.37 Å². The number of methoxy groups -OCH3 is 1. The van der Waals surface area contributed by atoms with Gasteiger partial charge in [0.15, 0.2) is 11.5 Å². The first-order valence-corrected chi connectivity index (χ1v) is 10.3. The first-order chi connectivity index (χ1) is 16.0. The zero-order chi connectivity index (χ0) is 23.1. The number of para-hydroxylation sites is 2. The van der Waals surface area contributed by atoms with Crippen LogP contribution >= 0.6 is 0 Å². The third-order valence-electron chi connectivity index (χ3n) is 5.70. The van der Waals surface area contributed by atoms with Crippen molar-refractivity contribution in [3.05, 3.63) is 89.4 Å². The summed E-state index contributed by atoms with van der Waals surface area (Å²) in [5, 5.41) is 16.2. The minimum atomic E-state index is -0.552. The van der Waals surface area contributed by atoms with Crippen molar-refractivity contribution in [3.8, 4) is 11.5 Å². The van der Waals surface area contributed by atoms with Gasteiger partial charge in [0.2, 0.25) is 5.95 Å². The Morgan fingerprint density at radius 1 is 1.15 bits per heavy atom. The Balaban J connectivity index is 1.67. The number of fused-ring (bicyclic) bond motifs is 3. The van der Waals surface area contributed by atoms with Gasteiger partial charge >= 0.3 is 0 Å². The van der Waals surface area contributed by atoms with Crippen LogP contribution in [0.25, 0.3) is 11.0 Å². The number of carbonyl (C=O) groups excluding carboxylic acids is 1. The highest BCUT2D eigenvalue weighted by Crippen LogP contribution is 2.41. The maximum absolute atomic E-state index is 13.5. The molecule has 0 fully saturated rings. The molecule has 3 N–H and O–H groups in total.